The standard InChI is InChI=1S/C6H12O6.H3O4P/c7-1-2-3(8)4(9)5(10)6(11)12-2;1-5(2,3)4/h2-11H,1H2;(H3,1,2,3,4)/t2-,3-,4+,5-,6+;/m1./s1. The Kier molecular flexibility index (Phi) is 6.66. The molecule has 5 atom stereocenters. The van der Waals surface area contributed by atoms with Crippen molar-refractivity contribution in [3.8, 4) is 0 Å². The second-order valence-electron chi connectivity index (χ2n) is 3.23. The molecule has 8 N–H and O–H groups in total. The van der Waals surface area contributed by atoms with Crippen molar-refractivity contribution in [2.45, 2.75) is 30.7 Å². The summed E-state index contributed by atoms with van der Waals surface area (Å²) in [5.74, 6) is 0. The minimum absolute atomic E-state index is 0.526. The quantitative estimate of drug-likeness (QED) is 0.218. The van der Waals surface area contributed by atoms with Crippen LogP contribution in [-0.2, 0) is 9.30 Å². The van der Waals surface area contributed by atoms with Crippen LogP contribution in [0, 0.1) is 0 Å². The monoisotopic (exact) mass is 278 g/mol. The maximum Gasteiger partial charge on any atom is 0.466 e. The minimum atomic E-state index is -4.64. The molecular weight excluding hydrogens is 263 g/mol. The van der Waals surface area contributed by atoms with Crippen LogP contribution in [0.25, 0.3) is 0 Å². The largest absolute Gasteiger partial charge is 0.466 e. The van der Waals surface area contributed by atoms with E-state index in [0.717, 1.165) is 0 Å². The first-order chi connectivity index (χ1) is 7.57. The zero-order valence-corrected chi connectivity index (χ0v) is 9.33. The second-order valence-corrected chi connectivity index (χ2v) is 4.26. The molecule has 0 bridgehead atoms. The smallest absolute Gasteiger partial charge is 0.394 e. The van der Waals surface area contributed by atoms with E-state index in [1.165, 1.54) is 0 Å². The fourth-order valence-electron chi connectivity index (χ4n) is 1.08. The molecule has 1 heterocycles. The SMILES string of the molecule is O=P(O)(O)O.OC[C@H]1O[C@H](O)[C@H](O)[C@@H](O)[C@@H]1O. The molecule has 0 aromatic rings. The summed E-state index contributed by atoms with van der Waals surface area (Å²) in [7, 11) is -4.64. The first-order valence-electron chi connectivity index (χ1n) is 4.34. The van der Waals surface area contributed by atoms with Gasteiger partial charge in [-0.2, -0.15) is 0 Å². The molecule has 0 aromatic heterocycles. The normalized spacial score (nSPS) is 38.2. The van der Waals surface area contributed by atoms with Gasteiger partial charge in [-0.1, -0.05) is 0 Å². The highest BCUT2D eigenvalue weighted by molar-refractivity contribution is 7.45. The average Bonchev–Trinajstić information content (AvgIpc) is 2.18. The third-order valence-electron chi connectivity index (χ3n) is 1.87. The van der Waals surface area contributed by atoms with Crippen LogP contribution in [0.2, 0.25) is 0 Å². The van der Waals surface area contributed by atoms with Crippen LogP contribution in [0.15, 0.2) is 0 Å². The molecule has 10 nitrogen and oxygen atoms in total. The Balaban J connectivity index is 0.000000437. The first-order valence-corrected chi connectivity index (χ1v) is 5.91. The van der Waals surface area contributed by atoms with Crippen molar-refractivity contribution in [3.63, 3.8) is 0 Å². The van der Waals surface area contributed by atoms with Crippen molar-refractivity contribution >= 4 is 7.82 Å². The van der Waals surface area contributed by atoms with Gasteiger partial charge in [0.15, 0.2) is 6.29 Å². The molecule has 0 aromatic carbocycles. The van der Waals surface area contributed by atoms with E-state index >= 15 is 0 Å². The zero-order chi connectivity index (χ0) is 13.8. The summed E-state index contributed by atoms with van der Waals surface area (Å²) in [4.78, 5) is 21.6. The van der Waals surface area contributed by atoms with Gasteiger partial charge in [0, 0.05) is 0 Å². The number of rotatable bonds is 1. The molecule has 11 heteroatoms. The topological polar surface area (TPSA) is 188 Å². The molecule has 17 heavy (non-hydrogen) atoms. The number of hydrogen-bond acceptors (Lipinski definition) is 7. The molecule has 0 radical (unpaired) electrons. The van der Waals surface area contributed by atoms with Gasteiger partial charge < -0.3 is 44.9 Å². The molecule has 1 rings (SSSR count). The number of ether oxygens (including phenoxy) is 1. The number of aliphatic hydroxyl groups excluding tert-OH is 5. The van der Waals surface area contributed by atoms with Gasteiger partial charge in [0.25, 0.3) is 0 Å². The summed E-state index contributed by atoms with van der Waals surface area (Å²) in [6.07, 6.45) is -7.04. The molecule has 1 fully saturated rings. The van der Waals surface area contributed by atoms with Crippen LogP contribution >= 0.6 is 7.82 Å². The lowest BCUT2D eigenvalue weighted by molar-refractivity contribution is -0.286. The summed E-state index contributed by atoms with van der Waals surface area (Å²) in [6, 6.07) is 0. The molecule has 0 spiro atoms. The number of hydrogen-bond donors (Lipinski definition) is 8. The molecule has 0 amide bonds. The second kappa shape index (κ2) is 6.71. The highest BCUT2D eigenvalue weighted by Gasteiger charge is 2.42. The Morgan fingerprint density at radius 3 is 1.71 bits per heavy atom. The summed E-state index contributed by atoms with van der Waals surface area (Å²) in [5.41, 5.74) is 0. The molecule has 0 aliphatic carbocycles. The first kappa shape index (κ1) is 16.9. The van der Waals surface area contributed by atoms with Gasteiger partial charge in [0.05, 0.1) is 6.61 Å². The fourth-order valence-corrected chi connectivity index (χ4v) is 1.08. The molecule has 1 aliphatic heterocycles. The third kappa shape index (κ3) is 6.38. The summed E-state index contributed by atoms with van der Waals surface area (Å²) in [6.45, 7) is -0.526. The Hall–Kier alpha value is -0.130. The molecule has 0 saturated carbocycles. The highest BCUT2D eigenvalue weighted by Crippen LogP contribution is 2.25. The maximum absolute atomic E-state index is 9.12. The van der Waals surface area contributed by atoms with Crippen LogP contribution in [-0.4, -0.2) is 77.5 Å². The summed E-state index contributed by atoms with van der Waals surface area (Å²) >= 11 is 0. The van der Waals surface area contributed by atoms with Crippen LogP contribution < -0.4 is 0 Å². The maximum atomic E-state index is 9.12. The van der Waals surface area contributed by atoms with Gasteiger partial charge in [-0.25, -0.2) is 4.57 Å². The molecule has 0 unspecified atom stereocenters. The van der Waals surface area contributed by atoms with E-state index in [4.69, 9.17) is 44.8 Å². The van der Waals surface area contributed by atoms with E-state index in [2.05, 4.69) is 4.74 Å². The Labute approximate surface area is 95.6 Å². The summed E-state index contributed by atoms with van der Waals surface area (Å²) < 4.78 is 13.5. The van der Waals surface area contributed by atoms with Crippen molar-refractivity contribution in [1.82, 2.24) is 0 Å². The van der Waals surface area contributed by atoms with E-state index in [0.29, 0.717) is 0 Å². The van der Waals surface area contributed by atoms with E-state index in [-0.39, 0.29) is 0 Å². The predicted octanol–water partition coefficient (Wildman–Crippen LogP) is -4.15. The minimum Gasteiger partial charge on any atom is -0.394 e. The Morgan fingerprint density at radius 2 is 1.35 bits per heavy atom. The number of aliphatic hydroxyl groups is 5. The van der Waals surface area contributed by atoms with Crippen LogP contribution in [0.5, 0.6) is 0 Å². The average molecular weight is 278 g/mol. The molecule has 1 saturated heterocycles. The van der Waals surface area contributed by atoms with Gasteiger partial charge in [-0.05, 0) is 0 Å². The fraction of sp³-hybridized carbons (Fsp3) is 1.00. The highest BCUT2D eigenvalue weighted by atomic mass is 31.2. The summed E-state index contributed by atoms with van der Waals surface area (Å²) in [5, 5.41) is 44.7. The van der Waals surface area contributed by atoms with Crippen LogP contribution in [0.4, 0.5) is 0 Å². The lowest BCUT2D eigenvalue weighted by atomic mass is 10.00. The van der Waals surface area contributed by atoms with Gasteiger partial charge in [-0.15, -0.1) is 0 Å². The third-order valence-corrected chi connectivity index (χ3v) is 1.87. The lowest BCUT2D eigenvalue weighted by Gasteiger charge is -2.37. The Bertz CT molecular complexity index is 253. The van der Waals surface area contributed by atoms with Gasteiger partial charge in [0.2, 0.25) is 0 Å². The van der Waals surface area contributed by atoms with Crippen molar-refractivity contribution in [2.24, 2.45) is 0 Å². The van der Waals surface area contributed by atoms with E-state index in [1.807, 2.05) is 0 Å². The van der Waals surface area contributed by atoms with Crippen molar-refractivity contribution in [3.05, 3.63) is 0 Å². The zero-order valence-electron chi connectivity index (χ0n) is 8.44. The number of phosphoric acid groups is 1. The predicted molar refractivity (Wildman–Crippen MR) is 50.2 cm³/mol. The van der Waals surface area contributed by atoms with Crippen molar-refractivity contribution in [1.29, 1.82) is 0 Å². The van der Waals surface area contributed by atoms with Gasteiger partial charge in [0.1, 0.15) is 24.4 Å². The van der Waals surface area contributed by atoms with Gasteiger partial charge >= 0.3 is 7.82 Å². The van der Waals surface area contributed by atoms with Gasteiger partial charge in [-0.3, -0.25) is 0 Å². The van der Waals surface area contributed by atoms with E-state index in [9.17, 15) is 0 Å². The van der Waals surface area contributed by atoms with Crippen molar-refractivity contribution < 1.29 is 49.5 Å². The molecule has 1 aliphatic rings. The van der Waals surface area contributed by atoms with E-state index in [1.54, 1.807) is 0 Å². The van der Waals surface area contributed by atoms with Crippen molar-refractivity contribution in [2.75, 3.05) is 6.61 Å². The Morgan fingerprint density at radius 1 is 0.941 bits per heavy atom. The lowest BCUT2D eigenvalue weighted by Crippen LogP contribution is -2.58. The molecule has 104 valence electrons. The van der Waals surface area contributed by atoms with Crippen LogP contribution in [0.3, 0.4) is 0 Å². The molecular formula is C6H15O10P. The van der Waals surface area contributed by atoms with Crippen LogP contribution in [0.1, 0.15) is 0 Å². The van der Waals surface area contributed by atoms with E-state index < -0.39 is 45.1 Å².